The van der Waals surface area contributed by atoms with Crippen molar-refractivity contribution in [2.45, 2.75) is 31.6 Å². The van der Waals surface area contributed by atoms with Crippen LogP contribution in [-0.2, 0) is 11.3 Å². The minimum atomic E-state index is -4.23. The number of alkyl halides is 3. The Hall–Kier alpha value is -3.00. The summed E-state index contributed by atoms with van der Waals surface area (Å²) in [7, 11) is 0. The van der Waals surface area contributed by atoms with Crippen molar-refractivity contribution in [3.8, 4) is 0 Å². The predicted molar refractivity (Wildman–Crippen MR) is 144 cm³/mol. The number of carboxylic acids is 1. The number of halogens is 6. The van der Waals surface area contributed by atoms with E-state index in [1.807, 2.05) is 4.90 Å². The van der Waals surface area contributed by atoms with E-state index in [1.54, 1.807) is 15.9 Å². The van der Waals surface area contributed by atoms with E-state index >= 15 is 8.78 Å². The summed E-state index contributed by atoms with van der Waals surface area (Å²) >= 11 is 6.17. The number of carboxylic acid groups (broad SMARTS) is 1. The van der Waals surface area contributed by atoms with Gasteiger partial charge in [0.25, 0.3) is 5.91 Å². The van der Waals surface area contributed by atoms with Crippen LogP contribution in [0, 0.1) is 11.6 Å². The molecule has 2 aliphatic rings. The van der Waals surface area contributed by atoms with E-state index in [1.165, 1.54) is 24.3 Å². The first kappa shape index (κ1) is 30.9. The Balaban J connectivity index is 1.45. The highest BCUT2D eigenvalue weighted by atomic mass is 35.5. The summed E-state index contributed by atoms with van der Waals surface area (Å²) in [5, 5.41) is 15.2. The highest BCUT2D eigenvalue weighted by Gasteiger charge is 2.30. The molecule has 1 amide bonds. The van der Waals surface area contributed by atoms with Crippen LogP contribution in [0.25, 0.3) is 0 Å². The molecule has 2 fully saturated rings. The third kappa shape index (κ3) is 8.28. The lowest BCUT2D eigenvalue weighted by atomic mass is 10.1. The third-order valence-electron chi connectivity index (χ3n) is 7.30. The summed E-state index contributed by atoms with van der Waals surface area (Å²) in [6.07, 6.45) is -5.28. The topological polar surface area (TPSA) is 88.1 Å². The lowest BCUT2D eigenvalue weighted by Gasteiger charge is -2.37. The first-order valence-electron chi connectivity index (χ1n) is 13.2. The standard InChI is InChI=1S/C27H31ClF5N5O3/c28-18-2-4-21(22(13-18)37-11-9-36(10-12-37)7-5-27(31,32)33)35-26(41)20-3-1-17(24(29)25(20)30)16-38-8-6-34-15-19(38)14-23(39)40/h1-4,13,19,34H,5-12,14-16H2,(H,35,41)(H,39,40). The van der Waals surface area contributed by atoms with Gasteiger partial charge in [-0.25, -0.2) is 8.78 Å². The lowest BCUT2D eigenvalue weighted by molar-refractivity contribution is -0.139. The Morgan fingerprint density at radius 2 is 1.78 bits per heavy atom. The van der Waals surface area contributed by atoms with Crippen LogP contribution in [0.15, 0.2) is 30.3 Å². The molecule has 3 N–H and O–H groups in total. The number of rotatable bonds is 9. The van der Waals surface area contributed by atoms with Gasteiger partial charge in [-0.15, -0.1) is 0 Å². The van der Waals surface area contributed by atoms with Crippen LogP contribution >= 0.6 is 11.6 Å². The van der Waals surface area contributed by atoms with Crippen LogP contribution in [0.5, 0.6) is 0 Å². The fourth-order valence-electron chi connectivity index (χ4n) is 5.08. The zero-order chi connectivity index (χ0) is 29.7. The molecule has 4 rings (SSSR count). The fraction of sp³-hybridized carbons (Fsp3) is 0.481. The number of carbonyl (C=O) groups is 2. The number of hydrogen-bond donors (Lipinski definition) is 3. The largest absolute Gasteiger partial charge is 0.481 e. The van der Waals surface area contributed by atoms with Gasteiger partial charge < -0.3 is 20.6 Å². The molecule has 0 bridgehead atoms. The molecule has 2 aliphatic heterocycles. The molecule has 41 heavy (non-hydrogen) atoms. The molecular formula is C27H31ClF5N5O3. The molecule has 1 unspecified atom stereocenters. The van der Waals surface area contributed by atoms with E-state index < -0.39 is 41.7 Å². The number of anilines is 2. The summed E-state index contributed by atoms with van der Waals surface area (Å²) in [6.45, 7) is 2.83. The average molecular weight is 604 g/mol. The normalized spacial score (nSPS) is 18.9. The molecule has 2 saturated heterocycles. The van der Waals surface area contributed by atoms with E-state index in [9.17, 15) is 22.8 Å². The van der Waals surface area contributed by atoms with Gasteiger partial charge in [-0.2, -0.15) is 13.2 Å². The minimum Gasteiger partial charge on any atom is -0.481 e. The van der Waals surface area contributed by atoms with Gasteiger partial charge in [0, 0.05) is 75.5 Å². The Morgan fingerprint density at radius 3 is 2.46 bits per heavy atom. The molecule has 1 atom stereocenters. The van der Waals surface area contributed by atoms with Gasteiger partial charge in [0.05, 0.1) is 29.8 Å². The second-order valence-electron chi connectivity index (χ2n) is 10.1. The van der Waals surface area contributed by atoms with Gasteiger partial charge in [0.15, 0.2) is 11.6 Å². The van der Waals surface area contributed by atoms with Gasteiger partial charge in [0.2, 0.25) is 0 Å². The number of carbonyl (C=O) groups excluding carboxylic acids is 1. The van der Waals surface area contributed by atoms with E-state index in [0.29, 0.717) is 62.2 Å². The van der Waals surface area contributed by atoms with Crippen molar-refractivity contribution in [3.63, 3.8) is 0 Å². The fourth-order valence-corrected chi connectivity index (χ4v) is 5.25. The van der Waals surface area contributed by atoms with E-state index in [-0.39, 0.29) is 31.1 Å². The van der Waals surface area contributed by atoms with Gasteiger partial charge in [0.1, 0.15) is 0 Å². The SMILES string of the molecule is O=C(O)CC1CNCCN1Cc1ccc(C(=O)Nc2ccc(Cl)cc2N2CCN(CCC(F)(F)F)CC2)c(F)c1F. The van der Waals surface area contributed by atoms with Crippen molar-refractivity contribution in [2.75, 3.05) is 62.6 Å². The molecule has 0 aliphatic carbocycles. The minimum absolute atomic E-state index is 0.00640. The predicted octanol–water partition coefficient (Wildman–Crippen LogP) is 4.19. The number of amides is 1. The number of aliphatic carboxylic acids is 1. The molecule has 8 nitrogen and oxygen atoms in total. The third-order valence-corrected chi connectivity index (χ3v) is 7.53. The van der Waals surface area contributed by atoms with Crippen molar-refractivity contribution in [2.24, 2.45) is 0 Å². The number of hydrogen-bond acceptors (Lipinski definition) is 6. The Morgan fingerprint density at radius 1 is 1.05 bits per heavy atom. The van der Waals surface area contributed by atoms with Crippen molar-refractivity contribution < 1.29 is 36.6 Å². The molecule has 0 spiro atoms. The zero-order valence-corrected chi connectivity index (χ0v) is 22.9. The van der Waals surface area contributed by atoms with Gasteiger partial charge in [-0.05, 0) is 24.3 Å². The summed E-state index contributed by atoms with van der Waals surface area (Å²) in [4.78, 5) is 29.6. The van der Waals surface area contributed by atoms with Crippen molar-refractivity contribution in [3.05, 3.63) is 58.1 Å². The van der Waals surface area contributed by atoms with Gasteiger partial charge >= 0.3 is 12.1 Å². The molecule has 2 heterocycles. The van der Waals surface area contributed by atoms with Crippen molar-refractivity contribution in [1.29, 1.82) is 0 Å². The molecule has 0 radical (unpaired) electrons. The first-order chi connectivity index (χ1) is 19.4. The molecule has 2 aromatic rings. The summed E-state index contributed by atoms with van der Waals surface area (Å²) in [5.41, 5.74) is 0.310. The highest BCUT2D eigenvalue weighted by molar-refractivity contribution is 6.31. The van der Waals surface area contributed by atoms with E-state index in [0.717, 1.165) is 0 Å². The summed E-state index contributed by atoms with van der Waals surface area (Å²) in [6, 6.07) is 6.77. The number of nitrogens with zero attached hydrogens (tertiary/aromatic N) is 3. The molecule has 224 valence electrons. The number of piperazine rings is 2. The number of nitrogens with one attached hydrogen (secondary N) is 2. The first-order valence-corrected chi connectivity index (χ1v) is 13.6. The molecular weight excluding hydrogens is 573 g/mol. The van der Waals surface area contributed by atoms with Crippen LogP contribution in [0.3, 0.4) is 0 Å². The van der Waals surface area contributed by atoms with E-state index in [2.05, 4.69) is 10.6 Å². The second-order valence-corrected chi connectivity index (χ2v) is 10.6. The van der Waals surface area contributed by atoms with Crippen LogP contribution in [0.2, 0.25) is 5.02 Å². The van der Waals surface area contributed by atoms with Crippen molar-refractivity contribution >= 4 is 34.9 Å². The maximum Gasteiger partial charge on any atom is 0.390 e. The number of benzene rings is 2. The van der Waals surface area contributed by atoms with Crippen LogP contribution in [-0.4, -0.2) is 91.4 Å². The van der Waals surface area contributed by atoms with Crippen LogP contribution < -0.4 is 15.5 Å². The highest BCUT2D eigenvalue weighted by Crippen LogP contribution is 2.31. The maximum atomic E-state index is 15.1. The molecule has 0 aromatic heterocycles. The van der Waals surface area contributed by atoms with Gasteiger partial charge in [-0.1, -0.05) is 17.7 Å². The average Bonchev–Trinajstić information content (AvgIpc) is 2.92. The van der Waals surface area contributed by atoms with Gasteiger partial charge in [-0.3, -0.25) is 19.4 Å². The monoisotopic (exact) mass is 603 g/mol. The summed E-state index contributed by atoms with van der Waals surface area (Å²) < 4.78 is 68.0. The molecule has 2 aromatic carbocycles. The second kappa shape index (κ2) is 13.3. The zero-order valence-electron chi connectivity index (χ0n) is 22.1. The Kier molecular flexibility index (Phi) is 10.1. The van der Waals surface area contributed by atoms with E-state index in [4.69, 9.17) is 16.7 Å². The lowest BCUT2D eigenvalue weighted by Crippen LogP contribution is -2.51. The summed E-state index contributed by atoms with van der Waals surface area (Å²) in [5.74, 6) is -4.38. The smallest absolute Gasteiger partial charge is 0.390 e. The molecule has 14 heteroatoms. The molecule has 0 saturated carbocycles. The Bertz CT molecular complexity index is 1260. The quantitative estimate of drug-likeness (QED) is 0.371. The van der Waals surface area contributed by atoms with Crippen molar-refractivity contribution in [1.82, 2.24) is 15.1 Å². The van der Waals surface area contributed by atoms with Crippen LogP contribution in [0.4, 0.5) is 33.3 Å². The maximum absolute atomic E-state index is 15.1. The Labute approximate surface area is 239 Å². The van der Waals surface area contributed by atoms with Crippen LogP contribution in [0.1, 0.15) is 28.8 Å².